The first kappa shape index (κ1) is 16.1. The first-order chi connectivity index (χ1) is 10.8. The summed E-state index contributed by atoms with van der Waals surface area (Å²) in [5, 5.41) is 12.2. The molecule has 3 rings (SSSR count). The first-order valence-corrected chi connectivity index (χ1v) is 10.0. The van der Waals surface area contributed by atoms with E-state index in [1.807, 2.05) is 6.92 Å². The van der Waals surface area contributed by atoms with E-state index >= 15 is 0 Å². The van der Waals surface area contributed by atoms with Crippen molar-refractivity contribution < 1.29 is 4.79 Å². The van der Waals surface area contributed by atoms with E-state index in [9.17, 15) is 4.79 Å². The highest BCUT2D eigenvalue weighted by Gasteiger charge is 2.32. The molecule has 0 unspecified atom stereocenters. The number of hydrogen-bond acceptors (Lipinski definition) is 6. The lowest BCUT2D eigenvalue weighted by molar-refractivity contribution is -0.131. The second-order valence-electron chi connectivity index (χ2n) is 6.13. The molecule has 0 aromatic carbocycles. The van der Waals surface area contributed by atoms with Crippen LogP contribution in [0.25, 0.3) is 0 Å². The SMILES string of the molecule is CCNc1nnc(SCC(=O)N2CC[C@H]3CCCC[C@@H]3C2)s1. The number of rotatable bonds is 5. The standard InChI is InChI=1S/C15H24N4OS2/c1-2-16-14-17-18-15(22-14)21-10-13(20)19-8-7-11-5-3-4-6-12(11)9-19/h11-12H,2-10H2,1H3,(H,16,17)/t11-,12-/m1/s1. The molecule has 5 nitrogen and oxygen atoms in total. The summed E-state index contributed by atoms with van der Waals surface area (Å²) in [6.45, 7) is 4.79. The Balaban J connectivity index is 1.47. The molecule has 0 radical (unpaired) electrons. The average Bonchev–Trinajstić information content (AvgIpc) is 3.00. The van der Waals surface area contributed by atoms with Crippen LogP contribution in [0.5, 0.6) is 0 Å². The Kier molecular flexibility index (Phi) is 5.57. The van der Waals surface area contributed by atoms with Gasteiger partial charge in [-0.3, -0.25) is 4.79 Å². The number of carbonyl (C=O) groups excluding carboxylic acids is 1. The van der Waals surface area contributed by atoms with Crippen LogP contribution in [0.3, 0.4) is 0 Å². The lowest BCUT2D eigenvalue weighted by Gasteiger charge is -2.41. The van der Waals surface area contributed by atoms with Gasteiger partial charge in [-0.2, -0.15) is 0 Å². The highest BCUT2D eigenvalue weighted by atomic mass is 32.2. The minimum Gasteiger partial charge on any atom is -0.360 e. The molecule has 1 aromatic heterocycles. The molecule has 2 aliphatic rings. The van der Waals surface area contributed by atoms with E-state index in [2.05, 4.69) is 20.4 Å². The van der Waals surface area contributed by atoms with Gasteiger partial charge in [-0.05, 0) is 31.6 Å². The number of aromatic nitrogens is 2. The van der Waals surface area contributed by atoms with Crippen LogP contribution in [-0.2, 0) is 4.79 Å². The Hall–Kier alpha value is -0.820. The zero-order valence-electron chi connectivity index (χ0n) is 13.1. The maximum atomic E-state index is 12.4. The summed E-state index contributed by atoms with van der Waals surface area (Å²) in [6, 6.07) is 0. The number of amides is 1. The minimum absolute atomic E-state index is 0.259. The van der Waals surface area contributed by atoms with E-state index in [4.69, 9.17) is 0 Å². The third-order valence-electron chi connectivity index (χ3n) is 4.70. The van der Waals surface area contributed by atoms with E-state index in [0.717, 1.165) is 40.9 Å². The summed E-state index contributed by atoms with van der Waals surface area (Å²) in [5.74, 6) is 2.36. The van der Waals surface area contributed by atoms with Crippen molar-refractivity contribution >= 4 is 34.1 Å². The van der Waals surface area contributed by atoms with Crippen LogP contribution in [-0.4, -0.2) is 46.4 Å². The maximum Gasteiger partial charge on any atom is 0.233 e. The normalized spacial score (nSPS) is 24.9. The minimum atomic E-state index is 0.259. The molecule has 0 bridgehead atoms. The molecule has 1 saturated carbocycles. The molecule has 1 amide bonds. The van der Waals surface area contributed by atoms with Crippen LogP contribution in [0.2, 0.25) is 0 Å². The number of carbonyl (C=O) groups is 1. The quantitative estimate of drug-likeness (QED) is 0.835. The first-order valence-electron chi connectivity index (χ1n) is 8.24. The van der Waals surface area contributed by atoms with E-state index < -0.39 is 0 Å². The lowest BCUT2D eigenvalue weighted by Crippen LogP contribution is -2.45. The summed E-state index contributed by atoms with van der Waals surface area (Å²) < 4.78 is 0.872. The van der Waals surface area contributed by atoms with Crippen molar-refractivity contribution in [2.75, 3.05) is 30.7 Å². The van der Waals surface area contributed by atoms with E-state index in [0.29, 0.717) is 5.75 Å². The second kappa shape index (κ2) is 7.64. The van der Waals surface area contributed by atoms with E-state index in [1.54, 1.807) is 0 Å². The molecule has 2 fully saturated rings. The zero-order chi connectivity index (χ0) is 15.4. The van der Waals surface area contributed by atoms with Crippen molar-refractivity contribution in [1.29, 1.82) is 0 Å². The van der Waals surface area contributed by atoms with E-state index in [-0.39, 0.29) is 5.91 Å². The fourth-order valence-corrected chi connectivity index (χ4v) is 5.26. The van der Waals surface area contributed by atoms with Crippen LogP contribution in [0.15, 0.2) is 4.34 Å². The highest BCUT2D eigenvalue weighted by Crippen LogP contribution is 2.36. The number of hydrogen-bond donors (Lipinski definition) is 1. The molecule has 2 heterocycles. The fourth-order valence-electron chi connectivity index (χ4n) is 3.53. The molecular formula is C15H24N4OS2. The van der Waals surface area contributed by atoms with Gasteiger partial charge in [-0.1, -0.05) is 42.4 Å². The molecule has 1 aliphatic heterocycles. The van der Waals surface area contributed by atoms with Gasteiger partial charge < -0.3 is 10.2 Å². The maximum absolute atomic E-state index is 12.4. The third-order valence-corrected chi connectivity index (χ3v) is 6.70. The molecule has 1 aromatic rings. The number of thioether (sulfide) groups is 1. The molecule has 0 spiro atoms. The number of nitrogens with one attached hydrogen (secondary N) is 1. The summed E-state index contributed by atoms with van der Waals surface area (Å²) in [7, 11) is 0. The Labute approximate surface area is 140 Å². The van der Waals surface area contributed by atoms with Gasteiger partial charge in [0.2, 0.25) is 11.0 Å². The van der Waals surface area contributed by atoms with Gasteiger partial charge in [0.1, 0.15) is 0 Å². The van der Waals surface area contributed by atoms with Crippen molar-refractivity contribution in [3.63, 3.8) is 0 Å². The second-order valence-corrected chi connectivity index (χ2v) is 8.33. The van der Waals surface area contributed by atoms with Gasteiger partial charge >= 0.3 is 0 Å². The molecule has 2 atom stereocenters. The van der Waals surface area contributed by atoms with Gasteiger partial charge in [0.05, 0.1) is 5.75 Å². The van der Waals surface area contributed by atoms with Crippen molar-refractivity contribution in [3.8, 4) is 0 Å². The number of anilines is 1. The Morgan fingerprint density at radius 2 is 2.14 bits per heavy atom. The lowest BCUT2D eigenvalue weighted by atomic mass is 9.75. The molecule has 1 saturated heterocycles. The average molecular weight is 341 g/mol. The number of fused-ring (bicyclic) bond motifs is 1. The highest BCUT2D eigenvalue weighted by molar-refractivity contribution is 8.01. The summed E-state index contributed by atoms with van der Waals surface area (Å²) in [5.41, 5.74) is 0. The van der Waals surface area contributed by atoms with Gasteiger partial charge in [-0.25, -0.2) is 0 Å². The van der Waals surface area contributed by atoms with Crippen LogP contribution in [0.4, 0.5) is 5.13 Å². The smallest absolute Gasteiger partial charge is 0.233 e. The molecule has 22 heavy (non-hydrogen) atoms. The molecule has 7 heteroatoms. The number of piperidine rings is 1. The number of nitrogens with zero attached hydrogens (tertiary/aromatic N) is 3. The molecule has 1 N–H and O–H groups in total. The van der Waals surface area contributed by atoms with Crippen LogP contribution in [0.1, 0.15) is 39.0 Å². The predicted octanol–water partition coefficient (Wildman–Crippen LogP) is 3.10. The van der Waals surface area contributed by atoms with Crippen molar-refractivity contribution in [2.45, 2.75) is 43.4 Å². The largest absolute Gasteiger partial charge is 0.360 e. The Bertz CT molecular complexity index is 507. The monoisotopic (exact) mass is 340 g/mol. The van der Waals surface area contributed by atoms with Gasteiger partial charge in [0.15, 0.2) is 4.34 Å². The summed E-state index contributed by atoms with van der Waals surface area (Å²) in [6.07, 6.45) is 6.61. The Morgan fingerprint density at radius 1 is 1.32 bits per heavy atom. The van der Waals surface area contributed by atoms with Crippen LogP contribution >= 0.6 is 23.1 Å². The predicted molar refractivity (Wildman–Crippen MR) is 91.4 cm³/mol. The topological polar surface area (TPSA) is 58.1 Å². The van der Waals surface area contributed by atoms with Crippen LogP contribution in [0, 0.1) is 11.8 Å². The Morgan fingerprint density at radius 3 is 2.95 bits per heavy atom. The van der Waals surface area contributed by atoms with Crippen molar-refractivity contribution in [1.82, 2.24) is 15.1 Å². The third kappa shape index (κ3) is 3.93. The molecule has 1 aliphatic carbocycles. The van der Waals surface area contributed by atoms with Gasteiger partial charge in [-0.15, -0.1) is 10.2 Å². The fraction of sp³-hybridized carbons (Fsp3) is 0.800. The van der Waals surface area contributed by atoms with E-state index in [1.165, 1.54) is 55.2 Å². The van der Waals surface area contributed by atoms with Crippen LogP contribution < -0.4 is 5.32 Å². The summed E-state index contributed by atoms with van der Waals surface area (Å²) >= 11 is 3.04. The van der Waals surface area contributed by atoms with Gasteiger partial charge in [0.25, 0.3) is 0 Å². The van der Waals surface area contributed by atoms with Crippen molar-refractivity contribution in [3.05, 3.63) is 0 Å². The summed E-state index contributed by atoms with van der Waals surface area (Å²) in [4.78, 5) is 14.5. The molecule has 122 valence electrons. The molecular weight excluding hydrogens is 316 g/mol. The van der Waals surface area contributed by atoms with Gasteiger partial charge in [0, 0.05) is 19.6 Å². The van der Waals surface area contributed by atoms with Crippen molar-refractivity contribution in [2.24, 2.45) is 11.8 Å². The zero-order valence-corrected chi connectivity index (χ0v) is 14.7. The number of likely N-dealkylation sites (tertiary alicyclic amines) is 1.